The molecule has 0 spiro atoms. The van der Waals surface area contributed by atoms with Crippen molar-refractivity contribution in [2.45, 2.75) is 20.0 Å². The molecule has 6 heteroatoms. The molecule has 1 heterocycles. The minimum absolute atomic E-state index is 0.129. The van der Waals surface area contributed by atoms with Crippen LogP contribution in [0.5, 0.6) is 0 Å². The third kappa shape index (κ3) is 3.79. The normalized spacial score (nSPS) is 12.1. The number of nitrogens with zero attached hydrogens (tertiary/aromatic N) is 3. The van der Waals surface area contributed by atoms with Gasteiger partial charge in [0.05, 0.1) is 10.7 Å². The van der Waals surface area contributed by atoms with Crippen LogP contribution in [0, 0.1) is 6.92 Å². The van der Waals surface area contributed by atoms with E-state index in [1.165, 1.54) is 0 Å². The summed E-state index contributed by atoms with van der Waals surface area (Å²) in [6.07, 6.45) is 0. The van der Waals surface area contributed by atoms with Crippen LogP contribution >= 0.6 is 11.3 Å². The Kier molecular flexibility index (Phi) is 4.70. The molecule has 3 N–H and O–H groups in total. The summed E-state index contributed by atoms with van der Waals surface area (Å²) in [5.74, 6) is 0.129. The monoisotopic (exact) mass is 290 g/mol. The van der Waals surface area contributed by atoms with Gasteiger partial charge in [-0.05, 0) is 25.6 Å². The number of benzene rings is 1. The predicted octanol–water partition coefficient (Wildman–Crippen LogP) is 2.18. The van der Waals surface area contributed by atoms with Crippen molar-refractivity contribution < 1.29 is 5.21 Å². The van der Waals surface area contributed by atoms with Crippen molar-refractivity contribution in [3.63, 3.8) is 0 Å². The van der Waals surface area contributed by atoms with E-state index in [2.05, 4.69) is 20.4 Å². The second-order valence-electron chi connectivity index (χ2n) is 4.72. The molecule has 1 aromatic heterocycles. The molecule has 106 valence electrons. The Balaban J connectivity index is 2.02. The molecule has 0 unspecified atom stereocenters. The van der Waals surface area contributed by atoms with Crippen LogP contribution in [-0.4, -0.2) is 28.0 Å². The Hall–Kier alpha value is -1.92. The quantitative estimate of drug-likeness (QED) is 0.383. The van der Waals surface area contributed by atoms with Gasteiger partial charge in [0.2, 0.25) is 0 Å². The first kappa shape index (κ1) is 14.5. The Morgan fingerprint density at radius 3 is 2.90 bits per heavy atom. The summed E-state index contributed by atoms with van der Waals surface area (Å²) in [5.41, 5.74) is 8.52. The van der Waals surface area contributed by atoms with E-state index < -0.39 is 0 Å². The van der Waals surface area contributed by atoms with Crippen LogP contribution in [0.15, 0.2) is 34.8 Å². The van der Waals surface area contributed by atoms with Crippen LogP contribution in [0.25, 0.3) is 0 Å². The summed E-state index contributed by atoms with van der Waals surface area (Å²) >= 11 is 1.66. The first-order chi connectivity index (χ1) is 9.58. The van der Waals surface area contributed by atoms with Gasteiger partial charge in [0.1, 0.15) is 0 Å². The minimum Gasteiger partial charge on any atom is -0.409 e. The van der Waals surface area contributed by atoms with Crippen LogP contribution in [0.2, 0.25) is 0 Å². The van der Waals surface area contributed by atoms with Crippen LogP contribution in [0.1, 0.15) is 21.8 Å². The maximum Gasteiger partial charge on any atom is 0.170 e. The summed E-state index contributed by atoms with van der Waals surface area (Å²) in [5, 5.41) is 14.9. The lowest BCUT2D eigenvalue weighted by atomic mass is 10.1. The van der Waals surface area contributed by atoms with Gasteiger partial charge in [0.15, 0.2) is 5.84 Å². The fourth-order valence-electron chi connectivity index (χ4n) is 2.01. The fraction of sp³-hybridized carbons (Fsp3) is 0.286. The number of rotatable bonds is 5. The van der Waals surface area contributed by atoms with Crippen LogP contribution in [0.4, 0.5) is 0 Å². The number of nitrogens with two attached hydrogens (primary N) is 1. The largest absolute Gasteiger partial charge is 0.409 e. The van der Waals surface area contributed by atoms with E-state index in [4.69, 9.17) is 10.9 Å². The van der Waals surface area contributed by atoms with Gasteiger partial charge in [-0.1, -0.05) is 23.4 Å². The molecule has 0 aliphatic rings. The van der Waals surface area contributed by atoms with Crippen LogP contribution in [0.3, 0.4) is 0 Å². The van der Waals surface area contributed by atoms with E-state index >= 15 is 0 Å². The molecule has 2 aromatic rings. The first-order valence-electron chi connectivity index (χ1n) is 6.25. The van der Waals surface area contributed by atoms with Crippen molar-refractivity contribution in [3.8, 4) is 0 Å². The highest BCUT2D eigenvalue weighted by Gasteiger charge is 2.06. The fourth-order valence-corrected chi connectivity index (χ4v) is 2.62. The summed E-state index contributed by atoms with van der Waals surface area (Å²) in [4.78, 5) is 6.64. The lowest BCUT2D eigenvalue weighted by Gasteiger charge is -2.15. The molecule has 0 radical (unpaired) electrons. The van der Waals surface area contributed by atoms with Gasteiger partial charge >= 0.3 is 0 Å². The summed E-state index contributed by atoms with van der Waals surface area (Å²) in [7, 11) is 2.05. The molecule has 20 heavy (non-hydrogen) atoms. The van der Waals surface area contributed by atoms with Gasteiger partial charge < -0.3 is 10.9 Å². The molecule has 0 saturated carbocycles. The van der Waals surface area contributed by atoms with Crippen molar-refractivity contribution in [1.82, 2.24) is 9.88 Å². The Morgan fingerprint density at radius 1 is 1.45 bits per heavy atom. The Bertz CT molecular complexity index is 609. The molecule has 0 saturated heterocycles. The molecular weight excluding hydrogens is 272 g/mol. The third-order valence-electron chi connectivity index (χ3n) is 2.88. The standard InChI is InChI=1S/C14H18N4OS/c1-10-16-13(9-20-10)8-18(2)7-11-4-3-5-12(6-11)14(15)17-19/h3-6,9,19H,7-8H2,1-2H3,(H2,15,17). The summed E-state index contributed by atoms with van der Waals surface area (Å²) in [6.45, 7) is 3.59. The van der Waals surface area contributed by atoms with Crippen molar-refractivity contribution >= 4 is 17.2 Å². The van der Waals surface area contributed by atoms with Crippen molar-refractivity contribution in [2.24, 2.45) is 10.9 Å². The van der Waals surface area contributed by atoms with E-state index in [9.17, 15) is 0 Å². The number of amidine groups is 1. The Labute approximate surface area is 122 Å². The number of thiazole rings is 1. The molecule has 0 bridgehead atoms. The third-order valence-corrected chi connectivity index (χ3v) is 3.70. The number of aromatic nitrogens is 1. The van der Waals surface area contributed by atoms with E-state index in [0.717, 1.165) is 34.9 Å². The van der Waals surface area contributed by atoms with Gasteiger partial charge in [-0.15, -0.1) is 11.3 Å². The molecule has 0 aliphatic heterocycles. The maximum absolute atomic E-state index is 8.70. The number of hydrogen-bond donors (Lipinski definition) is 2. The SMILES string of the molecule is Cc1nc(CN(C)Cc2cccc(C(N)=NO)c2)cs1. The maximum atomic E-state index is 8.70. The van der Waals surface area contributed by atoms with Gasteiger partial charge in [-0.25, -0.2) is 4.98 Å². The smallest absolute Gasteiger partial charge is 0.170 e. The molecule has 2 rings (SSSR count). The molecule has 0 fully saturated rings. The molecule has 0 amide bonds. The van der Waals surface area contributed by atoms with Gasteiger partial charge in [-0.3, -0.25) is 4.90 Å². The van der Waals surface area contributed by atoms with Crippen molar-refractivity contribution in [3.05, 3.63) is 51.5 Å². The molecule has 0 aliphatic carbocycles. The lowest BCUT2D eigenvalue weighted by molar-refractivity contribution is 0.315. The highest BCUT2D eigenvalue weighted by Crippen LogP contribution is 2.12. The van der Waals surface area contributed by atoms with E-state index in [1.54, 1.807) is 11.3 Å². The minimum atomic E-state index is 0.129. The summed E-state index contributed by atoms with van der Waals surface area (Å²) < 4.78 is 0. The topological polar surface area (TPSA) is 74.7 Å². The molecule has 0 atom stereocenters. The highest BCUT2D eigenvalue weighted by atomic mass is 32.1. The second-order valence-corrected chi connectivity index (χ2v) is 5.78. The van der Waals surface area contributed by atoms with Gasteiger partial charge in [-0.2, -0.15) is 0 Å². The van der Waals surface area contributed by atoms with E-state index in [-0.39, 0.29) is 5.84 Å². The molecule has 1 aromatic carbocycles. The number of aryl methyl sites for hydroxylation is 1. The number of oxime groups is 1. The second kappa shape index (κ2) is 6.49. The zero-order chi connectivity index (χ0) is 14.5. The van der Waals surface area contributed by atoms with E-state index in [1.807, 2.05) is 38.2 Å². The lowest BCUT2D eigenvalue weighted by Crippen LogP contribution is -2.18. The average Bonchev–Trinajstić information content (AvgIpc) is 2.83. The average molecular weight is 290 g/mol. The zero-order valence-corrected chi connectivity index (χ0v) is 12.4. The first-order valence-corrected chi connectivity index (χ1v) is 7.13. The van der Waals surface area contributed by atoms with Crippen molar-refractivity contribution in [2.75, 3.05) is 7.05 Å². The van der Waals surface area contributed by atoms with E-state index in [0.29, 0.717) is 0 Å². The number of hydrogen-bond acceptors (Lipinski definition) is 5. The zero-order valence-electron chi connectivity index (χ0n) is 11.6. The summed E-state index contributed by atoms with van der Waals surface area (Å²) in [6, 6.07) is 7.68. The Morgan fingerprint density at radius 2 is 2.25 bits per heavy atom. The molecule has 5 nitrogen and oxygen atoms in total. The predicted molar refractivity (Wildman–Crippen MR) is 81.0 cm³/mol. The van der Waals surface area contributed by atoms with Crippen LogP contribution < -0.4 is 5.73 Å². The van der Waals surface area contributed by atoms with Crippen LogP contribution in [-0.2, 0) is 13.1 Å². The highest BCUT2D eigenvalue weighted by molar-refractivity contribution is 7.09. The van der Waals surface area contributed by atoms with Gasteiger partial charge in [0.25, 0.3) is 0 Å². The molecular formula is C14H18N4OS. The van der Waals surface area contributed by atoms with Gasteiger partial charge in [0, 0.05) is 24.0 Å². The van der Waals surface area contributed by atoms with Crippen molar-refractivity contribution in [1.29, 1.82) is 0 Å².